The first-order valence-electron chi connectivity index (χ1n) is 11.6. The molecule has 0 bridgehead atoms. The van der Waals surface area contributed by atoms with Gasteiger partial charge < -0.3 is 19.2 Å². The van der Waals surface area contributed by atoms with Gasteiger partial charge >= 0.3 is 5.97 Å². The van der Waals surface area contributed by atoms with Crippen LogP contribution in [-0.2, 0) is 11.3 Å². The number of para-hydroxylation sites is 1. The van der Waals surface area contributed by atoms with E-state index in [0.717, 1.165) is 5.56 Å². The molecule has 0 saturated heterocycles. The lowest BCUT2D eigenvalue weighted by atomic mass is 10.1. The summed E-state index contributed by atoms with van der Waals surface area (Å²) in [5.74, 6) is -0.291. The zero-order valence-corrected chi connectivity index (χ0v) is 18.3. The van der Waals surface area contributed by atoms with E-state index in [0.29, 0.717) is 29.9 Å². The van der Waals surface area contributed by atoms with Crippen LogP contribution in [0.5, 0.6) is 5.75 Å². The monoisotopic (exact) mass is 437 g/mol. The molecule has 0 fully saturated rings. The molecule has 6 nitrogen and oxygen atoms in total. The quantitative estimate of drug-likeness (QED) is 0.393. The van der Waals surface area contributed by atoms with Crippen molar-refractivity contribution in [3.63, 3.8) is 0 Å². The number of carbonyl (C=O) groups excluding carboxylic acids is 1. The molecule has 1 heterocycles. The third-order valence-electron chi connectivity index (χ3n) is 4.84. The van der Waals surface area contributed by atoms with Crippen molar-refractivity contribution in [1.82, 2.24) is 4.90 Å². The first-order valence-corrected chi connectivity index (χ1v) is 10.6. The van der Waals surface area contributed by atoms with Gasteiger partial charge in [-0.1, -0.05) is 30.3 Å². The van der Waals surface area contributed by atoms with Crippen LogP contribution < -0.4 is 4.74 Å². The maximum atomic E-state index is 13.4. The topological polar surface area (TPSA) is 80.0 Å². The Labute approximate surface area is 191 Å². The number of amides is 1. The zero-order valence-electron chi connectivity index (χ0n) is 20.3. The lowest BCUT2D eigenvalue weighted by molar-refractivity contribution is -0.137. The number of hydrogen-bond donors (Lipinski definition) is 1. The van der Waals surface area contributed by atoms with Gasteiger partial charge in [-0.3, -0.25) is 9.59 Å². The van der Waals surface area contributed by atoms with Crippen molar-refractivity contribution in [3.8, 4) is 17.1 Å². The third-order valence-corrected chi connectivity index (χ3v) is 4.84. The van der Waals surface area contributed by atoms with Gasteiger partial charge in [-0.15, -0.1) is 0 Å². The predicted octanol–water partition coefficient (Wildman–Crippen LogP) is 5.63. The van der Waals surface area contributed by atoms with E-state index in [1.807, 2.05) is 6.07 Å². The average Bonchev–Trinajstić information content (AvgIpc) is 3.33. The number of carbonyl (C=O) groups is 2. The summed E-state index contributed by atoms with van der Waals surface area (Å²) < 4.78 is 29.0. The molecular formula is C26H29NO5. The standard InChI is InChI=1S/C26H29NO5/c1-19(2)27(26(30)21-14-12-20(13-15-21)23-10-7-17-32-23)18-22-8-3-4-9-24(22)31-16-6-5-11-25(28)29/h3-4,7-10,12-15,17,19H,5-6,11,16,18H2,1-2H3,(H,28,29)/i18D2. The summed E-state index contributed by atoms with van der Waals surface area (Å²) in [5.41, 5.74) is 1.42. The molecule has 0 unspecified atom stereocenters. The number of aliphatic carboxylic acids is 1. The highest BCUT2D eigenvalue weighted by atomic mass is 16.5. The van der Waals surface area contributed by atoms with E-state index < -0.39 is 24.4 Å². The van der Waals surface area contributed by atoms with E-state index in [2.05, 4.69) is 0 Å². The fourth-order valence-corrected chi connectivity index (χ4v) is 3.15. The minimum absolute atomic E-state index is 0.0557. The smallest absolute Gasteiger partial charge is 0.303 e. The number of nitrogens with zero attached hydrogens (tertiary/aromatic N) is 1. The molecule has 0 spiro atoms. The van der Waals surface area contributed by atoms with Crippen LogP contribution >= 0.6 is 0 Å². The highest BCUT2D eigenvalue weighted by Crippen LogP contribution is 2.24. The lowest BCUT2D eigenvalue weighted by Gasteiger charge is -2.28. The molecule has 1 amide bonds. The number of hydrogen-bond acceptors (Lipinski definition) is 4. The Morgan fingerprint density at radius 1 is 1.06 bits per heavy atom. The molecule has 0 aliphatic heterocycles. The second-order valence-corrected chi connectivity index (χ2v) is 7.63. The van der Waals surface area contributed by atoms with Crippen molar-refractivity contribution in [2.24, 2.45) is 0 Å². The summed E-state index contributed by atoms with van der Waals surface area (Å²) in [6, 6.07) is 16.8. The number of benzene rings is 2. The van der Waals surface area contributed by atoms with Gasteiger partial charge in [0.15, 0.2) is 0 Å². The van der Waals surface area contributed by atoms with Gasteiger partial charge in [-0.25, -0.2) is 0 Å². The lowest BCUT2D eigenvalue weighted by Crippen LogP contribution is -2.36. The molecule has 0 aliphatic carbocycles. The predicted molar refractivity (Wildman–Crippen MR) is 123 cm³/mol. The van der Waals surface area contributed by atoms with Crippen LogP contribution in [0.15, 0.2) is 71.3 Å². The highest BCUT2D eigenvalue weighted by Gasteiger charge is 2.21. The molecule has 6 heteroatoms. The molecule has 1 N–H and O–H groups in total. The van der Waals surface area contributed by atoms with Crippen molar-refractivity contribution in [2.75, 3.05) is 6.61 Å². The number of ether oxygens (including phenoxy) is 1. The Morgan fingerprint density at radius 3 is 2.47 bits per heavy atom. The summed E-state index contributed by atoms with van der Waals surface area (Å²) in [6.45, 7) is 1.64. The number of unbranched alkanes of at least 4 members (excludes halogenated alkanes) is 1. The number of carboxylic acids is 1. The Bertz CT molecular complexity index is 1090. The maximum absolute atomic E-state index is 13.4. The summed E-state index contributed by atoms with van der Waals surface area (Å²) in [4.78, 5) is 25.3. The normalized spacial score (nSPS) is 12.2. The van der Waals surface area contributed by atoms with Gasteiger partial charge in [-0.05, 0) is 57.0 Å². The van der Waals surface area contributed by atoms with Crippen LogP contribution in [0.1, 0.15) is 51.8 Å². The van der Waals surface area contributed by atoms with Crippen LogP contribution in [0, 0.1) is 0 Å². The van der Waals surface area contributed by atoms with E-state index in [1.54, 1.807) is 74.7 Å². The van der Waals surface area contributed by atoms with E-state index in [1.165, 1.54) is 4.90 Å². The van der Waals surface area contributed by atoms with Gasteiger partial charge in [0, 0.05) is 35.6 Å². The average molecular weight is 438 g/mol. The van der Waals surface area contributed by atoms with Crippen LogP contribution in [0.3, 0.4) is 0 Å². The summed E-state index contributed by atoms with van der Waals surface area (Å²) in [7, 11) is 0. The van der Waals surface area contributed by atoms with Gasteiger partial charge in [0.05, 0.1) is 15.6 Å². The summed E-state index contributed by atoms with van der Waals surface area (Å²) in [5, 5.41) is 8.77. The molecule has 3 aromatic rings. The molecular weight excluding hydrogens is 406 g/mol. The minimum Gasteiger partial charge on any atom is -0.493 e. The Hall–Kier alpha value is -3.54. The molecule has 0 atom stereocenters. The van der Waals surface area contributed by atoms with E-state index in [4.69, 9.17) is 17.0 Å². The molecule has 0 radical (unpaired) electrons. The molecule has 0 saturated carbocycles. The first-order chi connectivity index (χ1) is 16.2. The maximum Gasteiger partial charge on any atom is 0.303 e. The SMILES string of the molecule is [2H]C([2H])(c1ccccc1OCCCCC(=O)O)N(C(=O)c1ccc(-c2ccco2)cc1)C(C)C. The molecule has 3 rings (SSSR count). The molecule has 1 aromatic heterocycles. The van der Waals surface area contributed by atoms with Crippen LogP contribution in [0.25, 0.3) is 11.3 Å². The van der Waals surface area contributed by atoms with Gasteiger partial charge in [0.25, 0.3) is 5.91 Å². The molecule has 2 aromatic carbocycles. The fourth-order valence-electron chi connectivity index (χ4n) is 3.15. The van der Waals surface area contributed by atoms with Crippen LogP contribution in [0.2, 0.25) is 0 Å². The minimum atomic E-state index is -2.15. The summed E-state index contributed by atoms with van der Waals surface area (Å²) in [6.07, 6.45) is 2.63. The van der Waals surface area contributed by atoms with Gasteiger partial charge in [0.2, 0.25) is 0 Å². The van der Waals surface area contributed by atoms with Crippen molar-refractivity contribution in [2.45, 2.75) is 45.6 Å². The Kier molecular flexibility index (Phi) is 7.12. The van der Waals surface area contributed by atoms with Crippen LogP contribution in [0.4, 0.5) is 0 Å². The molecule has 168 valence electrons. The number of furan rings is 1. The molecule has 0 aliphatic rings. The Morgan fingerprint density at radius 2 is 1.81 bits per heavy atom. The van der Waals surface area contributed by atoms with E-state index >= 15 is 0 Å². The van der Waals surface area contributed by atoms with E-state index in [-0.39, 0.29) is 18.6 Å². The summed E-state index contributed by atoms with van der Waals surface area (Å²) >= 11 is 0. The van der Waals surface area contributed by atoms with Gasteiger partial charge in [0.1, 0.15) is 11.5 Å². The van der Waals surface area contributed by atoms with E-state index in [9.17, 15) is 9.59 Å². The molecule has 32 heavy (non-hydrogen) atoms. The first kappa shape index (κ1) is 20.4. The van der Waals surface area contributed by atoms with Gasteiger partial charge in [-0.2, -0.15) is 0 Å². The fraction of sp³-hybridized carbons (Fsp3) is 0.308. The Balaban J connectivity index is 1.82. The van der Waals surface area contributed by atoms with Crippen molar-refractivity contribution in [3.05, 3.63) is 78.1 Å². The van der Waals surface area contributed by atoms with Crippen LogP contribution in [-0.4, -0.2) is 34.5 Å². The van der Waals surface area contributed by atoms with Crippen molar-refractivity contribution < 1.29 is 26.6 Å². The second kappa shape index (κ2) is 11.2. The van der Waals surface area contributed by atoms with Crippen molar-refractivity contribution >= 4 is 11.9 Å². The zero-order chi connectivity index (χ0) is 24.7. The largest absolute Gasteiger partial charge is 0.493 e. The number of carboxylic acid groups (broad SMARTS) is 1. The second-order valence-electron chi connectivity index (χ2n) is 7.63. The third kappa shape index (κ3) is 6.23. The van der Waals surface area contributed by atoms with Crippen molar-refractivity contribution in [1.29, 1.82) is 0 Å². The highest BCUT2D eigenvalue weighted by molar-refractivity contribution is 5.94. The number of rotatable bonds is 11.